The van der Waals surface area contributed by atoms with Gasteiger partial charge in [0.05, 0.1) is 0 Å². The van der Waals surface area contributed by atoms with Crippen molar-refractivity contribution in [3.05, 3.63) is 23.1 Å². The van der Waals surface area contributed by atoms with Gasteiger partial charge in [-0.3, -0.25) is 0 Å². The average molecular weight is 437 g/mol. The summed E-state index contributed by atoms with van der Waals surface area (Å²) < 4.78 is 0. The van der Waals surface area contributed by atoms with Crippen LogP contribution in [-0.2, 0) is 30.7 Å². The number of carboxylic acid groups (broad SMARTS) is 2. The molecule has 0 saturated heterocycles. The Labute approximate surface area is 121 Å². The quantitative estimate of drug-likeness (QED) is 0.645. The topological polar surface area (TPSA) is 122 Å². The third-order valence-corrected chi connectivity index (χ3v) is 2.44. The fourth-order valence-electron chi connectivity index (χ4n) is 1.38. The molecule has 1 saturated carbocycles. The Morgan fingerprint density at radius 2 is 1.50 bits per heavy atom. The predicted octanol–water partition coefficient (Wildman–Crippen LogP) is 2.50. The zero-order valence-corrected chi connectivity index (χ0v) is 12.4. The first-order chi connectivity index (χ1) is 7.84. The van der Waals surface area contributed by atoms with E-state index >= 15 is 0 Å². The summed E-state index contributed by atoms with van der Waals surface area (Å²) in [5.41, 5.74) is 14.4. The maximum absolute atomic E-state index is 9.90. The number of carbonyl (C=O) groups is 2. The number of rotatable bonds is 2. The molecule has 0 aliphatic heterocycles. The zero-order chi connectivity index (χ0) is 13.4. The summed E-state index contributed by atoms with van der Waals surface area (Å²) in [7, 11) is 0. The molecule has 18 heavy (non-hydrogen) atoms. The maximum Gasteiger partial charge on any atom is 2.00 e. The molecule has 0 heterocycles. The molecule has 0 bridgehead atoms. The number of carboxylic acids is 2. The van der Waals surface area contributed by atoms with Crippen LogP contribution in [0.2, 0.25) is 0 Å². The molecule has 1 rings (SSSR count). The number of aliphatic carboxylic acids is 2. The van der Waals surface area contributed by atoms with Gasteiger partial charge in [0.1, 0.15) is 0 Å². The van der Waals surface area contributed by atoms with E-state index in [2.05, 4.69) is 0 Å². The van der Waals surface area contributed by atoms with E-state index in [0.717, 1.165) is 12.8 Å². The van der Waals surface area contributed by atoms with Gasteiger partial charge in [-0.05, 0) is 6.92 Å². The molecule has 0 spiro atoms. The van der Waals surface area contributed by atoms with Crippen LogP contribution >= 0.6 is 0 Å². The van der Waals surface area contributed by atoms with Gasteiger partial charge in [-0.15, -0.1) is 0 Å². The molecule has 7 heteroatoms. The van der Waals surface area contributed by atoms with Crippen molar-refractivity contribution in [3.8, 4) is 0 Å². The van der Waals surface area contributed by atoms with E-state index in [0.29, 0.717) is 6.08 Å². The van der Waals surface area contributed by atoms with Crippen LogP contribution in [0.15, 0.2) is 11.6 Å². The Morgan fingerprint density at radius 3 is 1.67 bits per heavy atom. The minimum absolute atomic E-state index is 0. The van der Waals surface area contributed by atoms with Crippen LogP contribution in [-0.4, -0.2) is 34.2 Å². The Morgan fingerprint density at radius 1 is 1.11 bits per heavy atom. The van der Waals surface area contributed by atoms with Gasteiger partial charge in [-0.25, -0.2) is 9.59 Å². The van der Waals surface area contributed by atoms with Gasteiger partial charge >= 0.3 is 33.0 Å². The van der Waals surface area contributed by atoms with E-state index in [-0.39, 0.29) is 38.7 Å². The SMILES string of the molecule is C/C(=C/C(=O)O)C(=O)O.[NH-]C1CCCCC1[NH-].[Pt+2]. The number of hydrogen-bond donors (Lipinski definition) is 2. The first kappa shape index (κ1) is 19.6. The van der Waals surface area contributed by atoms with E-state index in [1.54, 1.807) is 0 Å². The molecule has 1 aliphatic carbocycles. The van der Waals surface area contributed by atoms with Crippen LogP contribution in [0.1, 0.15) is 32.6 Å². The van der Waals surface area contributed by atoms with Crippen molar-refractivity contribution in [3.63, 3.8) is 0 Å². The third kappa shape index (κ3) is 9.33. The van der Waals surface area contributed by atoms with Crippen LogP contribution in [0.25, 0.3) is 11.5 Å². The Hall–Kier alpha value is -0.712. The van der Waals surface area contributed by atoms with Crippen molar-refractivity contribution >= 4 is 11.9 Å². The van der Waals surface area contributed by atoms with Gasteiger partial charge in [0, 0.05) is 11.6 Å². The Kier molecular flexibility index (Phi) is 11.2. The molecule has 0 aromatic carbocycles. The predicted molar refractivity (Wildman–Crippen MR) is 63.7 cm³/mol. The van der Waals surface area contributed by atoms with E-state index in [1.165, 1.54) is 19.8 Å². The number of nitrogens with one attached hydrogen (secondary N) is 2. The van der Waals surface area contributed by atoms with Gasteiger partial charge in [0.15, 0.2) is 0 Å². The molecular formula is C11H18N2O4Pt. The van der Waals surface area contributed by atoms with Crippen molar-refractivity contribution < 1.29 is 40.9 Å². The fraction of sp³-hybridized carbons (Fsp3) is 0.636. The summed E-state index contributed by atoms with van der Waals surface area (Å²) in [6, 6.07) is -0.160. The molecule has 1 aliphatic rings. The minimum atomic E-state index is -1.24. The standard InChI is InChI=1S/C6H12N2.C5H6O4.Pt/c7-5-3-1-2-4-6(5)8;1-3(5(8)9)2-4(6)7;/h5-8H,1-4H2;2H,1H3,(H,6,7)(H,8,9);/q-2;;+2/b;3-2-;. The molecule has 0 aromatic rings. The van der Waals surface area contributed by atoms with Gasteiger partial charge in [0.2, 0.25) is 0 Å². The van der Waals surface area contributed by atoms with Crippen molar-refractivity contribution in [1.82, 2.24) is 0 Å². The van der Waals surface area contributed by atoms with Crippen molar-refractivity contribution in [1.29, 1.82) is 0 Å². The van der Waals surface area contributed by atoms with E-state index in [4.69, 9.17) is 21.7 Å². The molecule has 4 N–H and O–H groups in total. The Bertz CT molecular complexity index is 297. The second kappa shape index (κ2) is 10.2. The van der Waals surface area contributed by atoms with Gasteiger partial charge < -0.3 is 21.7 Å². The molecule has 0 amide bonds. The van der Waals surface area contributed by atoms with E-state index < -0.39 is 11.9 Å². The summed E-state index contributed by atoms with van der Waals surface area (Å²) in [5, 5.41) is 16.1. The number of hydrogen-bond acceptors (Lipinski definition) is 2. The fourth-order valence-corrected chi connectivity index (χ4v) is 1.38. The van der Waals surface area contributed by atoms with Crippen molar-refractivity contribution in [2.45, 2.75) is 44.7 Å². The van der Waals surface area contributed by atoms with E-state index in [9.17, 15) is 9.59 Å². The molecule has 2 unspecified atom stereocenters. The minimum Gasteiger partial charge on any atom is -0.676 e. The molecular weight excluding hydrogens is 419 g/mol. The monoisotopic (exact) mass is 437 g/mol. The van der Waals surface area contributed by atoms with Gasteiger partial charge in [-0.2, -0.15) is 12.1 Å². The summed E-state index contributed by atoms with van der Waals surface area (Å²) in [4.78, 5) is 19.7. The van der Waals surface area contributed by atoms with Crippen LogP contribution in [0.4, 0.5) is 0 Å². The van der Waals surface area contributed by atoms with Gasteiger partial charge in [-0.1, -0.05) is 25.7 Å². The zero-order valence-electron chi connectivity index (χ0n) is 10.1. The van der Waals surface area contributed by atoms with Crippen molar-refractivity contribution in [2.24, 2.45) is 0 Å². The van der Waals surface area contributed by atoms with Crippen LogP contribution in [0, 0.1) is 0 Å². The van der Waals surface area contributed by atoms with Crippen LogP contribution < -0.4 is 0 Å². The van der Waals surface area contributed by atoms with Gasteiger partial charge in [0.25, 0.3) is 0 Å². The van der Waals surface area contributed by atoms with Crippen molar-refractivity contribution in [2.75, 3.05) is 0 Å². The summed E-state index contributed by atoms with van der Waals surface area (Å²) in [6.45, 7) is 1.22. The Balaban J connectivity index is 0. The first-order valence-electron chi connectivity index (χ1n) is 5.41. The second-order valence-corrected chi connectivity index (χ2v) is 3.97. The first-order valence-corrected chi connectivity index (χ1v) is 5.41. The molecule has 106 valence electrons. The molecule has 6 nitrogen and oxygen atoms in total. The molecule has 2 atom stereocenters. The third-order valence-electron chi connectivity index (χ3n) is 2.44. The maximum atomic E-state index is 9.90. The molecule has 1 fully saturated rings. The van der Waals surface area contributed by atoms with Crippen LogP contribution in [0.5, 0.6) is 0 Å². The summed E-state index contributed by atoms with van der Waals surface area (Å²) >= 11 is 0. The second-order valence-electron chi connectivity index (χ2n) is 3.97. The molecule has 0 radical (unpaired) electrons. The summed E-state index contributed by atoms with van der Waals surface area (Å²) in [6.07, 6.45) is 4.89. The normalized spacial score (nSPS) is 23.2. The summed E-state index contributed by atoms with van der Waals surface area (Å²) in [5.74, 6) is -2.45. The largest absolute Gasteiger partial charge is 2.00 e. The van der Waals surface area contributed by atoms with E-state index in [1.807, 2.05) is 0 Å². The smallest absolute Gasteiger partial charge is 0.676 e. The average Bonchev–Trinajstić information content (AvgIpc) is 2.22. The van der Waals surface area contributed by atoms with Crippen LogP contribution in [0.3, 0.4) is 0 Å². The molecule has 0 aromatic heterocycles.